The number of allylic oxidation sites excluding steroid dienone is 1. The number of ether oxygens (including phenoxy) is 1. The molecule has 1 saturated heterocycles. The number of nitrogens with zero attached hydrogens (tertiary/aromatic N) is 1. The molecule has 0 radical (unpaired) electrons. The van der Waals surface area contributed by atoms with Gasteiger partial charge in [-0.3, -0.25) is 0 Å². The Bertz CT molecular complexity index is 392. The van der Waals surface area contributed by atoms with Gasteiger partial charge in [-0.2, -0.15) is 0 Å². The van der Waals surface area contributed by atoms with Crippen LogP contribution >= 0.6 is 0 Å². The van der Waals surface area contributed by atoms with Crippen molar-refractivity contribution in [2.45, 2.75) is 83.8 Å². The lowest BCUT2D eigenvalue weighted by molar-refractivity contribution is 0.0501. The number of hydrogen-bond acceptors (Lipinski definition) is 3. The molecule has 2 aliphatic rings. The third kappa shape index (κ3) is 5.90. The maximum absolute atomic E-state index is 11.9. The molecule has 1 N–H and O–H groups in total. The summed E-state index contributed by atoms with van der Waals surface area (Å²) in [6.45, 7) is 8.11. The van der Waals surface area contributed by atoms with Crippen LogP contribution in [-0.4, -0.2) is 35.7 Å². The Morgan fingerprint density at radius 3 is 2.59 bits per heavy atom. The molecule has 0 spiro atoms. The minimum absolute atomic E-state index is 0.204. The molecule has 4 nitrogen and oxygen atoms in total. The van der Waals surface area contributed by atoms with E-state index in [-0.39, 0.29) is 12.1 Å². The predicted octanol–water partition coefficient (Wildman–Crippen LogP) is 4.21. The van der Waals surface area contributed by atoms with Gasteiger partial charge in [0.1, 0.15) is 5.60 Å². The van der Waals surface area contributed by atoms with Gasteiger partial charge in [0.15, 0.2) is 0 Å². The Labute approximate surface area is 135 Å². The summed E-state index contributed by atoms with van der Waals surface area (Å²) in [6, 6.07) is 0.204. The molecular formula is C18H32N2O2. The largest absolute Gasteiger partial charge is 0.444 e. The molecule has 1 heterocycles. The normalized spacial score (nSPS) is 24.0. The Balaban J connectivity index is 1.89. The molecule has 1 fully saturated rings. The van der Waals surface area contributed by atoms with Crippen molar-refractivity contribution in [3.05, 3.63) is 11.8 Å². The fourth-order valence-electron chi connectivity index (χ4n) is 3.27. The van der Waals surface area contributed by atoms with Gasteiger partial charge in [0.25, 0.3) is 0 Å². The van der Waals surface area contributed by atoms with Crippen molar-refractivity contribution in [1.29, 1.82) is 0 Å². The zero-order valence-electron chi connectivity index (χ0n) is 14.5. The third-order valence-electron chi connectivity index (χ3n) is 4.36. The summed E-state index contributed by atoms with van der Waals surface area (Å²) in [5, 5.41) is 3.04. The second-order valence-electron chi connectivity index (χ2n) is 7.57. The summed E-state index contributed by atoms with van der Waals surface area (Å²) < 4.78 is 5.37. The van der Waals surface area contributed by atoms with Crippen molar-refractivity contribution >= 4 is 6.09 Å². The van der Waals surface area contributed by atoms with Crippen molar-refractivity contribution in [2.75, 3.05) is 13.1 Å². The Kier molecular flexibility index (Phi) is 6.16. The summed E-state index contributed by atoms with van der Waals surface area (Å²) in [5.74, 6) is 0. The Morgan fingerprint density at radius 2 is 1.91 bits per heavy atom. The standard InChI is InChI=1S/C18H32N2O2/c1-18(2,3)22-17(21)19-15-9-5-6-10-16(12-11-15)20-13-7-4-8-14-20/h12,15H,4-11,13-14H2,1-3H3,(H,19,21). The minimum Gasteiger partial charge on any atom is -0.444 e. The highest BCUT2D eigenvalue weighted by Gasteiger charge is 2.21. The maximum Gasteiger partial charge on any atom is 0.407 e. The molecule has 0 aromatic rings. The Hall–Kier alpha value is -1.19. The lowest BCUT2D eigenvalue weighted by Gasteiger charge is -2.33. The third-order valence-corrected chi connectivity index (χ3v) is 4.36. The van der Waals surface area contributed by atoms with Crippen LogP contribution in [0, 0.1) is 0 Å². The van der Waals surface area contributed by atoms with E-state index in [1.807, 2.05) is 20.8 Å². The topological polar surface area (TPSA) is 41.6 Å². The van der Waals surface area contributed by atoms with Crippen LogP contribution in [0.3, 0.4) is 0 Å². The fraction of sp³-hybridized carbons (Fsp3) is 0.833. The molecule has 0 aromatic carbocycles. The molecule has 0 saturated carbocycles. The number of nitrogens with one attached hydrogen (secondary N) is 1. The number of alkyl carbamates (subject to hydrolysis) is 1. The molecule has 1 unspecified atom stereocenters. The highest BCUT2D eigenvalue weighted by Crippen LogP contribution is 2.23. The quantitative estimate of drug-likeness (QED) is 0.830. The van der Waals surface area contributed by atoms with E-state index in [0.717, 1.165) is 12.8 Å². The van der Waals surface area contributed by atoms with Gasteiger partial charge in [-0.25, -0.2) is 4.79 Å². The smallest absolute Gasteiger partial charge is 0.407 e. The summed E-state index contributed by atoms with van der Waals surface area (Å²) in [6.07, 6.45) is 11.6. The van der Waals surface area contributed by atoms with Crippen LogP contribution < -0.4 is 5.32 Å². The second-order valence-corrected chi connectivity index (χ2v) is 7.57. The van der Waals surface area contributed by atoms with Gasteiger partial charge in [-0.05, 0) is 65.7 Å². The number of carbonyl (C=O) groups excluding carboxylic acids is 1. The van der Waals surface area contributed by atoms with Gasteiger partial charge < -0.3 is 15.0 Å². The number of rotatable bonds is 2. The Morgan fingerprint density at radius 1 is 1.18 bits per heavy atom. The summed E-state index contributed by atoms with van der Waals surface area (Å²) in [4.78, 5) is 14.5. The van der Waals surface area contributed by atoms with Gasteiger partial charge in [0.05, 0.1) is 0 Å². The summed E-state index contributed by atoms with van der Waals surface area (Å²) in [7, 11) is 0. The van der Waals surface area contributed by atoms with Gasteiger partial charge in [0, 0.05) is 24.8 Å². The average molecular weight is 308 g/mol. The molecule has 4 heteroatoms. The summed E-state index contributed by atoms with van der Waals surface area (Å²) >= 11 is 0. The highest BCUT2D eigenvalue weighted by molar-refractivity contribution is 5.68. The van der Waals surface area contributed by atoms with E-state index < -0.39 is 5.60 Å². The highest BCUT2D eigenvalue weighted by atomic mass is 16.6. The zero-order chi connectivity index (χ0) is 16.0. The lowest BCUT2D eigenvalue weighted by atomic mass is 9.98. The molecular weight excluding hydrogens is 276 g/mol. The van der Waals surface area contributed by atoms with Crippen molar-refractivity contribution in [3.8, 4) is 0 Å². The van der Waals surface area contributed by atoms with E-state index in [2.05, 4.69) is 16.3 Å². The van der Waals surface area contributed by atoms with Crippen LogP contribution in [0.5, 0.6) is 0 Å². The minimum atomic E-state index is -0.430. The predicted molar refractivity (Wildman–Crippen MR) is 89.7 cm³/mol. The molecule has 1 amide bonds. The van der Waals surface area contributed by atoms with E-state index in [4.69, 9.17) is 4.74 Å². The summed E-state index contributed by atoms with van der Waals surface area (Å²) in [5.41, 5.74) is 1.07. The fourth-order valence-corrected chi connectivity index (χ4v) is 3.27. The molecule has 1 aliphatic carbocycles. The van der Waals surface area contributed by atoms with Gasteiger partial charge >= 0.3 is 6.09 Å². The molecule has 1 aliphatic heterocycles. The van der Waals surface area contributed by atoms with Crippen molar-refractivity contribution in [1.82, 2.24) is 10.2 Å². The monoisotopic (exact) mass is 308 g/mol. The van der Waals surface area contributed by atoms with Crippen LogP contribution in [-0.2, 0) is 4.74 Å². The van der Waals surface area contributed by atoms with E-state index in [1.165, 1.54) is 57.3 Å². The number of hydrogen-bond donors (Lipinski definition) is 1. The average Bonchev–Trinajstić information content (AvgIpc) is 2.41. The van der Waals surface area contributed by atoms with Crippen LogP contribution in [0.15, 0.2) is 11.8 Å². The zero-order valence-corrected chi connectivity index (χ0v) is 14.5. The van der Waals surface area contributed by atoms with Crippen LogP contribution in [0.25, 0.3) is 0 Å². The van der Waals surface area contributed by atoms with Crippen LogP contribution in [0.1, 0.15) is 72.1 Å². The number of piperidine rings is 1. The number of carbonyl (C=O) groups is 1. The van der Waals surface area contributed by atoms with Crippen LogP contribution in [0.2, 0.25) is 0 Å². The molecule has 22 heavy (non-hydrogen) atoms. The lowest BCUT2D eigenvalue weighted by Crippen LogP contribution is -2.39. The van der Waals surface area contributed by atoms with Gasteiger partial charge in [-0.1, -0.05) is 12.5 Å². The first-order valence-electron chi connectivity index (χ1n) is 8.87. The van der Waals surface area contributed by atoms with Gasteiger partial charge in [-0.15, -0.1) is 0 Å². The SMILES string of the molecule is CC(C)(C)OC(=O)NC1CC=C(N2CCCCC2)CCCC1. The van der Waals surface area contributed by atoms with Gasteiger partial charge in [0.2, 0.25) is 0 Å². The molecule has 1 atom stereocenters. The van der Waals surface area contributed by atoms with E-state index in [9.17, 15) is 4.79 Å². The molecule has 2 rings (SSSR count). The second kappa shape index (κ2) is 7.89. The molecule has 0 aromatic heterocycles. The first-order chi connectivity index (χ1) is 10.4. The maximum atomic E-state index is 11.9. The van der Waals surface area contributed by atoms with E-state index in [1.54, 1.807) is 0 Å². The van der Waals surface area contributed by atoms with Crippen molar-refractivity contribution in [2.24, 2.45) is 0 Å². The van der Waals surface area contributed by atoms with E-state index >= 15 is 0 Å². The first-order valence-corrected chi connectivity index (χ1v) is 8.87. The van der Waals surface area contributed by atoms with Crippen molar-refractivity contribution < 1.29 is 9.53 Å². The first kappa shape index (κ1) is 17.2. The number of amides is 1. The van der Waals surface area contributed by atoms with Crippen molar-refractivity contribution in [3.63, 3.8) is 0 Å². The number of likely N-dealkylation sites (tertiary alicyclic amines) is 1. The molecule has 126 valence electrons. The molecule has 0 bridgehead atoms. The van der Waals surface area contributed by atoms with Crippen LogP contribution in [0.4, 0.5) is 4.79 Å². The van der Waals surface area contributed by atoms with E-state index in [0.29, 0.717) is 0 Å².